The molecule has 0 aromatic carbocycles. The smallest absolute Gasteiger partial charge is 1.00 e. The normalized spacial score (nSPS) is 15.2. The van der Waals surface area contributed by atoms with E-state index in [1.807, 2.05) is 0 Å². The van der Waals surface area contributed by atoms with Gasteiger partial charge in [-0.15, -0.1) is 0 Å². The predicted molar refractivity (Wildman–Crippen MR) is 40.3 cm³/mol. The van der Waals surface area contributed by atoms with Gasteiger partial charge in [0.15, 0.2) is 0 Å². The van der Waals surface area contributed by atoms with Crippen molar-refractivity contribution in [1.29, 1.82) is 0 Å². The molecule has 0 heterocycles. The summed E-state index contributed by atoms with van der Waals surface area (Å²) in [6.07, 6.45) is 6.09. The molecule has 1 rings (SSSR count). The molecule has 1 aliphatic rings. The summed E-state index contributed by atoms with van der Waals surface area (Å²) in [6.45, 7) is 4.50. The zero-order chi connectivity index (χ0) is 7.56. The van der Waals surface area contributed by atoms with Crippen molar-refractivity contribution >= 4 is 0 Å². The van der Waals surface area contributed by atoms with Gasteiger partial charge in [0.05, 0.1) is 0 Å². The molecule has 0 spiro atoms. The maximum Gasteiger partial charge on any atom is -1.00 e. The molecule has 0 aromatic rings. The van der Waals surface area contributed by atoms with Crippen LogP contribution in [0.3, 0.4) is 0 Å². The minimum atomic E-state index is 0. The molecule has 12 heavy (non-hydrogen) atoms. The quantitative estimate of drug-likeness (QED) is 0.483. The van der Waals surface area contributed by atoms with Gasteiger partial charge in [-0.3, -0.25) is 0 Å². The minimum absolute atomic E-state index is 0. The van der Waals surface area contributed by atoms with Gasteiger partial charge < -0.3 is 34.0 Å². The zero-order valence-corrected chi connectivity index (χ0v) is 13.1. The van der Waals surface area contributed by atoms with E-state index in [1.165, 1.54) is 19.3 Å². The third kappa shape index (κ3) is 3.59. The summed E-state index contributed by atoms with van der Waals surface area (Å²) in [5, 5.41) is 0. The van der Waals surface area contributed by atoms with Crippen LogP contribution in [0.2, 0.25) is 0 Å². The van der Waals surface area contributed by atoms with Crippen LogP contribution in [0.25, 0.3) is 0 Å². The molecule has 0 unspecified atom stereocenters. The summed E-state index contributed by atoms with van der Waals surface area (Å²) in [6, 6.07) is 0. The zero-order valence-electron chi connectivity index (χ0n) is 7.45. The first-order valence-corrected chi connectivity index (χ1v) is 5.15. The average Bonchev–Trinajstić information content (AvgIpc) is 2.30. The molecule has 0 fully saturated rings. The largest absolute Gasteiger partial charge is 1.00 e. The number of allylic oxidation sites excluding steroid dienone is 4. The summed E-state index contributed by atoms with van der Waals surface area (Å²) in [5.74, 6) is 0. The molecule has 0 saturated heterocycles. The van der Waals surface area contributed by atoms with Gasteiger partial charge in [-0.2, -0.15) is 0 Å². The van der Waals surface area contributed by atoms with Crippen molar-refractivity contribution in [1.82, 2.24) is 0 Å². The summed E-state index contributed by atoms with van der Waals surface area (Å²) >= 11 is 1.61. The molecule has 0 aliphatic heterocycles. The van der Waals surface area contributed by atoms with Gasteiger partial charge in [-0.25, -0.2) is 0 Å². The van der Waals surface area contributed by atoms with Crippen LogP contribution in [0.5, 0.6) is 0 Å². The van der Waals surface area contributed by atoms with Crippen molar-refractivity contribution in [3.05, 3.63) is 20.5 Å². The van der Waals surface area contributed by atoms with Crippen LogP contribution in [0.1, 0.15) is 33.1 Å². The molecule has 0 aromatic heterocycles. The Morgan fingerprint density at radius 1 is 1.25 bits per heavy atom. The fourth-order valence-corrected chi connectivity index (χ4v) is 2.54. The second-order valence-corrected chi connectivity index (χ2v) is 4.08. The van der Waals surface area contributed by atoms with E-state index in [0.29, 0.717) is 0 Å². The summed E-state index contributed by atoms with van der Waals surface area (Å²) in [7, 11) is 0. The Hall–Kier alpha value is 1.32. The Labute approximate surface area is 111 Å². The third-order valence-corrected chi connectivity index (χ3v) is 3.28. The van der Waals surface area contributed by atoms with E-state index >= 15 is 0 Å². The van der Waals surface area contributed by atoms with Gasteiger partial charge in [0.1, 0.15) is 0 Å². The summed E-state index contributed by atoms with van der Waals surface area (Å²) < 4.78 is 1.67. The summed E-state index contributed by atoms with van der Waals surface area (Å²) in [5.41, 5.74) is 3.26. The van der Waals surface area contributed by atoms with Crippen LogP contribution in [0.15, 0.2) is 20.5 Å². The molecule has 1 aliphatic carbocycles. The molecule has 0 radical (unpaired) electrons. The minimum Gasteiger partial charge on any atom is -1.00 e. The Morgan fingerprint density at radius 3 is 2.17 bits per heavy atom. The fourth-order valence-electron chi connectivity index (χ4n) is 1.46. The van der Waals surface area contributed by atoms with Crippen molar-refractivity contribution in [2.45, 2.75) is 33.1 Å². The van der Waals surface area contributed by atoms with Gasteiger partial charge in [-0.1, -0.05) is 0 Å². The first-order chi connectivity index (χ1) is 4.79. The first kappa shape index (κ1) is 15.8. The van der Waals surface area contributed by atoms with Crippen molar-refractivity contribution in [2.24, 2.45) is 0 Å². The van der Waals surface area contributed by atoms with E-state index < -0.39 is 0 Å². The monoisotopic (exact) mass is 369 g/mol. The Morgan fingerprint density at radius 2 is 1.83 bits per heavy atom. The predicted octanol–water partition coefficient (Wildman–Crippen LogP) is -3.05. The molecule has 0 N–H and O–H groups in total. The Kier molecular flexibility index (Phi) is 10.1. The second-order valence-electron chi connectivity index (χ2n) is 2.60. The molecule has 0 atom stereocenters. The van der Waals surface area contributed by atoms with E-state index in [9.17, 15) is 0 Å². The molecule has 0 saturated carbocycles. The molecule has 0 bridgehead atoms. The number of rotatable bonds is 2. The van der Waals surface area contributed by atoms with Crippen molar-refractivity contribution in [3.63, 3.8) is 0 Å². The van der Waals surface area contributed by atoms with Crippen LogP contribution in [0, 0.1) is 0 Å². The maximum atomic E-state index is 2.39. The topological polar surface area (TPSA) is 0 Å². The van der Waals surface area contributed by atoms with Gasteiger partial charge in [0, 0.05) is 0 Å². The molecule has 0 amide bonds. The number of hydrogen-bond acceptors (Lipinski definition) is 0. The van der Waals surface area contributed by atoms with Crippen LogP contribution in [0.4, 0.5) is 0 Å². The van der Waals surface area contributed by atoms with Crippen LogP contribution in [-0.4, -0.2) is 0 Å². The van der Waals surface area contributed by atoms with Crippen molar-refractivity contribution < 1.29 is 58.7 Å². The second kappa shape index (κ2) is 7.70. The van der Waals surface area contributed by atoms with E-state index in [2.05, 4.69) is 19.9 Å². The van der Waals surface area contributed by atoms with Gasteiger partial charge in [-0.05, 0) is 0 Å². The van der Waals surface area contributed by atoms with E-state index in [-0.39, 0.29) is 34.0 Å². The number of hydrogen-bond donors (Lipinski definition) is 0. The van der Waals surface area contributed by atoms with Gasteiger partial charge in [0.2, 0.25) is 0 Å². The molecular weight excluding hydrogens is 359 g/mol. The Balaban J connectivity index is 0. The molecular formula is C9H13Br2Zr. The summed E-state index contributed by atoms with van der Waals surface area (Å²) in [4.78, 5) is 0. The van der Waals surface area contributed by atoms with Crippen LogP contribution < -0.4 is 34.0 Å². The first-order valence-electron chi connectivity index (χ1n) is 3.92. The van der Waals surface area contributed by atoms with E-state index in [0.717, 1.165) is 0 Å². The molecule has 67 valence electrons. The number of halogens is 2. The Bertz CT molecular complexity index is 195. The molecule has 0 nitrogen and oxygen atoms in total. The third-order valence-electron chi connectivity index (χ3n) is 2.04. The SMILES string of the molecule is CCC1=CC[C]([Zr+2])=C1CC.[Br-].[Br-]. The van der Waals surface area contributed by atoms with Gasteiger partial charge in [0.25, 0.3) is 0 Å². The average molecular weight is 372 g/mol. The van der Waals surface area contributed by atoms with Crippen LogP contribution >= 0.6 is 0 Å². The van der Waals surface area contributed by atoms with E-state index in [4.69, 9.17) is 0 Å². The van der Waals surface area contributed by atoms with Crippen molar-refractivity contribution in [2.75, 3.05) is 0 Å². The molecule has 3 heteroatoms. The van der Waals surface area contributed by atoms with E-state index in [1.54, 1.807) is 39.1 Å². The van der Waals surface area contributed by atoms with Gasteiger partial charge >= 0.3 is 78.3 Å². The van der Waals surface area contributed by atoms with Crippen LogP contribution in [-0.2, 0) is 24.7 Å². The van der Waals surface area contributed by atoms with Crippen molar-refractivity contribution in [3.8, 4) is 0 Å². The standard InChI is InChI=1S/C9H13.2BrH.Zr/c1-3-8-6-5-7-9(8)4-2;;;/h6H,3-5H2,1-2H3;2*1H;/q;;;+2/p-2. The fraction of sp³-hybridized carbons (Fsp3) is 0.556. The maximum absolute atomic E-state index is 2.39.